The number of benzene rings is 1. The first-order valence-corrected chi connectivity index (χ1v) is 7.10. The molecule has 1 heterocycles. The van der Waals surface area contributed by atoms with Gasteiger partial charge in [-0.3, -0.25) is 4.79 Å². The molecule has 0 N–H and O–H groups in total. The fourth-order valence-corrected chi connectivity index (χ4v) is 2.49. The third kappa shape index (κ3) is 3.28. The van der Waals surface area contributed by atoms with Crippen molar-refractivity contribution in [2.24, 2.45) is 0 Å². The fourth-order valence-electron chi connectivity index (χ4n) is 2.13. The Balaban J connectivity index is 2.03. The average Bonchev–Trinajstić information content (AvgIpc) is 2.33. The van der Waals surface area contributed by atoms with Crippen LogP contribution in [0.4, 0.5) is 0 Å². The number of ketones is 1. The predicted molar refractivity (Wildman–Crippen MR) is 76.1 cm³/mol. The summed E-state index contributed by atoms with van der Waals surface area (Å²) in [4.78, 5) is 12.2. The molecule has 2 rings (SSSR count). The van der Waals surface area contributed by atoms with E-state index in [1.807, 2.05) is 31.2 Å². The molecular formula is C14H17IO2. The van der Waals surface area contributed by atoms with Crippen molar-refractivity contribution in [3.63, 3.8) is 0 Å². The van der Waals surface area contributed by atoms with Gasteiger partial charge in [-0.25, -0.2) is 0 Å². The SMILES string of the molecule is CC1(C(=O)Cc2ccc(I)cc2)CCCCO1. The van der Waals surface area contributed by atoms with Crippen LogP contribution < -0.4 is 0 Å². The molecule has 0 amide bonds. The van der Waals surface area contributed by atoms with Crippen LogP contribution in [0.15, 0.2) is 24.3 Å². The quantitative estimate of drug-likeness (QED) is 0.786. The summed E-state index contributed by atoms with van der Waals surface area (Å²) < 4.78 is 6.87. The number of rotatable bonds is 3. The van der Waals surface area contributed by atoms with Gasteiger partial charge < -0.3 is 4.74 Å². The smallest absolute Gasteiger partial charge is 0.168 e. The van der Waals surface area contributed by atoms with Gasteiger partial charge in [0, 0.05) is 16.6 Å². The number of hydrogen-bond acceptors (Lipinski definition) is 2. The molecule has 2 nitrogen and oxygen atoms in total. The van der Waals surface area contributed by atoms with Crippen LogP contribution in [-0.2, 0) is 16.0 Å². The van der Waals surface area contributed by atoms with Gasteiger partial charge in [0.2, 0.25) is 0 Å². The molecule has 0 spiro atoms. The van der Waals surface area contributed by atoms with Crippen molar-refractivity contribution < 1.29 is 9.53 Å². The predicted octanol–water partition coefficient (Wildman–Crippen LogP) is 3.36. The second-order valence-electron chi connectivity index (χ2n) is 4.76. The van der Waals surface area contributed by atoms with Crippen molar-refractivity contribution in [1.82, 2.24) is 0 Å². The summed E-state index contributed by atoms with van der Waals surface area (Å²) in [6.07, 6.45) is 3.50. The van der Waals surface area contributed by atoms with Crippen LogP contribution in [0.1, 0.15) is 31.7 Å². The molecular weight excluding hydrogens is 327 g/mol. The van der Waals surface area contributed by atoms with Crippen molar-refractivity contribution in [3.05, 3.63) is 33.4 Å². The minimum absolute atomic E-state index is 0.207. The van der Waals surface area contributed by atoms with Crippen molar-refractivity contribution >= 4 is 28.4 Å². The summed E-state index contributed by atoms with van der Waals surface area (Å²) in [5.74, 6) is 0.207. The highest BCUT2D eigenvalue weighted by atomic mass is 127. The lowest BCUT2D eigenvalue weighted by atomic mass is 9.88. The van der Waals surface area contributed by atoms with Crippen LogP contribution >= 0.6 is 22.6 Å². The molecule has 0 radical (unpaired) electrons. The summed E-state index contributed by atoms with van der Waals surface area (Å²) in [6, 6.07) is 8.11. The van der Waals surface area contributed by atoms with Gasteiger partial charge in [0.1, 0.15) is 5.60 Å². The molecule has 1 aliphatic rings. The van der Waals surface area contributed by atoms with E-state index in [0.29, 0.717) is 6.42 Å². The number of hydrogen-bond donors (Lipinski definition) is 0. The minimum Gasteiger partial charge on any atom is -0.367 e. The van der Waals surface area contributed by atoms with Gasteiger partial charge >= 0.3 is 0 Å². The highest BCUT2D eigenvalue weighted by molar-refractivity contribution is 14.1. The van der Waals surface area contributed by atoms with Gasteiger partial charge in [-0.1, -0.05) is 12.1 Å². The Labute approximate surface area is 116 Å². The molecule has 1 aromatic rings. The number of Topliss-reactive ketones (excluding diaryl/α,β-unsaturated/α-hetero) is 1. The highest BCUT2D eigenvalue weighted by Gasteiger charge is 2.35. The van der Waals surface area contributed by atoms with Crippen molar-refractivity contribution in [2.75, 3.05) is 6.61 Å². The molecule has 1 aliphatic heterocycles. The van der Waals surface area contributed by atoms with E-state index in [-0.39, 0.29) is 5.78 Å². The second-order valence-corrected chi connectivity index (χ2v) is 6.01. The molecule has 1 fully saturated rings. The largest absolute Gasteiger partial charge is 0.367 e. The minimum atomic E-state index is -0.554. The van der Waals surface area contributed by atoms with Crippen molar-refractivity contribution in [2.45, 2.75) is 38.2 Å². The number of carbonyl (C=O) groups excluding carboxylic acids is 1. The molecule has 0 bridgehead atoms. The van der Waals surface area contributed by atoms with E-state index in [1.165, 1.54) is 3.57 Å². The Bertz CT molecular complexity index is 391. The molecule has 17 heavy (non-hydrogen) atoms. The van der Waals surface area contributed by atoms with E-state index < -0.39 is 5.60 Å². The third-order valence-electron chi connectivity index (χ3n) is 3.34. The molecule has 0 saturated carbocycles. The van der Waals surface area contributed by atoms with E-state index in [1.54, 1.807) is 0 Å². The van der Waals surface area contributed by atoms with Gasteiger partial charge in [-0.2, -0.15) is 0 Å². The maximum atomic E-state index is 12.2. The molecule has 1 unspecified atom stereocenters. The normalized spacial score (nSPS) is 24.6. The summed E-state index contributed by atoms with van der Waals surface area (Å²) in [7, 11) is 0. The monoisotopic (exact) mass is 344 g/mol. The van der Waals surface area contributed by atoms with Crippen LogP contribution in [0.3, 0.4) is 0 Å². The number of carbonyl (C=O) groups is 1. The van der Waals surface area contributed by atoms with Crippen molar-refractivity contribution in [3.8, 4) is 0 Å². The summed E-state index contributed by atoms with van der Waals surface area (Å²) >= 11 is 2.27. The molecule has 1 saturated heterocycles. The van der Waals surface area contributed by atoms with E-state index in [2.05, 4.69) is 22.6 Å². The lowest BCUT2D eigenvalue weighted by Crippen LogP contribution is -2.42. The zero-order valence-electron chi connectivity index (χ0n) is 10.0. The van der Waals surface area contributed by atoms with Gasteiger partial charge in [-0.15, -0.1) is 0 Å². The lowest BCUT2D eigenvalue weighted by Gasteiger charge is -2.32. The van der Waals surface area contributed by atoms with Crippen molar-refractivity contribution in [1.29, 1.82) is 0 Å². The maximum Gasteiger partial charge on any atom is 0.168 e. The van der Waals surface area contributed by atoms with Gasteiger partial charge in [-0.05, 0) is 66.5 Å². The highest BCUT2D eigenvalue weighted by Crippen LogP contribution is 2.26. The van der Waals surface area contributed by atoms with Crippen LogP contribution in [0.2, 0.25) is 0 Å². The van der Waals surface area contributed by atoms with Crippen LogP contribution in [-0.4, -0.2) is 18.0 Å². The average molecular weight is 344 g/mol. The zero-order valence-corrected chi connectivity index (χ0v) is 12.2. The Morgan fingerprint density at radius 2 is 2.06 bits per heavy atom. The van der Waals surface area contributed by atoms with E-state index in [9.17, 15) is 4.79 Å². The van der Waals surface area contributed by atoms with E-state index >= 15 is 0 Å². The second kappa shape index (κ2) is 5.48. The molecule has 0 aliphatic carbocycles. The Morgan fingerprint density at radius 1 is 1.35 bits per heavy atom. The molecule has 1 atom stereocenters. The lowest BCUT2D eigenvalue weighted by molar-refractivity contribution is -0.147. The fraction of sp³-hybridized carbons (Fsp3) is 0.500. The Kier molecular flexibility index (Phi) is 4.20. The molecule has 0 aromatic heterocycles. The maximum absolute atomic E-state index is 12.2. The van der Waals surface area contributed by atoms with Crippen LogP contribution in [0, 0.1) is 3.57 Å². The summed E-state index contributed by atoms with van der Waals surface area (Å²) in [5.41, 5.74) is 0.521. The summed E-state index contributed by atoms with van der Waals surface area (Å²) in [6.45, 7) is 2.65. The van der Waals surface area contributed by atoms with Crippen LogP contribution in [0.25, 0.3) is 0 Å². The summed E-state index contributed by atoms with van der Waals surface area (Å²) in [5, 5.41) is 0. The molecule has 1 aromatic carbocycles. The Morgan fingerprint density at radius 3 is 2.65 bits per heavy atom. The topological polar surface area (TPSA) is 26.3 Å². The van der Waals surface area contributed by atoms with Gasteiger partial charge in [0.05, 0.1) is 0 Å². The van der Waals surface area contributed by atoms with Crippen LogP contribution in [0.5, 0.6) is 0 Å². The molecule has 92 valence electrons. The number of ether oxygens (including phenoxy) is 1. The Hall–Kier alpha value is -0.420. The third-order valence-corrected chi connectivity index (χ3v) is 4.06. The van der Waals surface area contributed by atoms with Gasteiger partial charge in [0.25, 0.3) is 0 Å². The zero-order chi connectivity index (χ0) is 12.3. The van der Waals surface area contributed by atoms with E-state index in [4.69, 9.17) is 4.74 Å². The van der Waals surface area contributed by atoms with Gasteiger partial charge in [0.15, 0.2) is 5.78 Å². The number of halogens is 1. The first kappa shape index (κ1) is 13.0. The van der Waals surface area contributed by atoms with E-state index in [0.717, 1.165) is 31.4 Å². The standard InChI is InChI=1S/C14H17IO2/c1-14(8-2-3-9-17-14)13(16)10-11-4-6-12(15)7-5-11/h4-7H,2-3,8-10H2,1H3. The molecule has 3 heteroatoms. The first-order chi connectivity index (χ1) is 8.10. The first-order valence-electron chi connectivity index (χ1n) is 6.02.